The van der Waals surface area contributed by atoms with Crippen molar-refractivity contribution in [2.75, 3.05) is 6.54 Å². The number of hydrogen-bond donors (Lipinski definition) is 2. The smallest absolute Gasteiger partial charge is 0.405 e. The first-order valence-corrected chi connectivity index (χ1v) is 7.17. The Balaban J connectivity index is 2.84. The summed E-state index contributed by atoms with van der Waals surface area (Å²) in [5.41, 5.74) is 0.392. The van der Waals surface area contributed by atoms with Crippen LogP contribution in [0.15, 0.2) is 30.3 Å². The van der Waals surface area contributed by atoms with Crippen molar-refractivity contribution in [3.63, 3.8) is 0 Å². The molecule has 2 amide bonds. The van der Waals surface area contributed by atoms with Crippen LogP contribution < -0.4 is 5.32 Å². The van der Waals surface area contributed by atoms with Crippen molar-refractivity contribution in [2.24, 2.45) is 0 Å². The third kappa shape index (κ3) is 5.85. The van der Waals surface area contributed by atoms with Gasteiger partial charge in [-0.1, -0.05) is 43.7 Å². The van der Waals surface area contributed by atoms with Gasteiger partial charge in [-0.3, -0.25) is 4.79 Å². The summed E-state index contributed by atoms with van der Waals surface area (Å²) in [7, 11) is 0. The van der Waals surface area contributed by atoms with Gasteiger partial charge in [0, 0.05) is 20.0 Å². The Labute approximate surface area is 126 Å². The second-order valence-electron chi connectivity index (χ2n) is 5.60. The normalized spacial score (nSPS) is 13.3. The van der Waals surface area contributed by atoms with E-state index in [4.69, 9.17) is 5.11 Å². The number of carbonyl (C=O) groups is 2. The summed E-state index contributed by atoms with van der Waals surface area (Å²) in [6.45, 7) is 6.19. The molecule has 116 valence electrons. The molecule has 0 heterocycles. The standard InChI is InChI=1S/C16H24N2O3/c1-4-10-16(3,17-15(20)21)12-18(13(2)19)11-14-8-6-5-7-9-14/h5-9,17H,4,10-12H2,1-3H3,(H,20,21)/t16-/m1/s1. The molecule has 0 fully saturated rings. The molecule has 0 aliphatic rings. The maximum absolute atomic E-state index is 11.9. The lowest BCUT2D eigenvalue weighted by molar-refractivity contribution is -0.130. The minimum Gasteiger partial charge on any atom is -0.465 e. The first kappa shape index (κ1) is 17.0. The van der Waals surface area contributed by atoms with Gasteiger partial charge in [0.25, 0.3) is 0 Å². The van der Waals surface area contributed by atoms with Crippen molar-refractivity contribution in [2.45, 2.75) is 45.7 Å². The summed E-state index contributed by atoms with van der Waals surface area (Å²) < 4.78 is 0. The van der Waals surface area contributed by atoms with Crippen LogP contribution in [0.2, 0.25) is 0 Å². The van der Waals surface area contributed by atoms with E-state index in [9.17, 15) is 9.59 Å². The summed E-state index contributed by atoms with van der Waals surface area (Å²) >= 11 is 0. The van der Waals surface area contributed by atoms with Gasteiger partial charge in [0.05, 0.1) is 5.54 Å². The summed E-state index contributed by atoms with van der Waals surface area (Å²) in [4.78, 5) is 24.5. The molecule has 21 heavy (non-hydrogen) atoms. The minimum absolute atomic E-state index is 0.0617. The molecule has 0 unspecified atom stereocenters. The number of benzene rings is 1. The van der Waals surface area contributed by atoms with Crippen molar-refractivity contribution in [1.82, 2.24) is 10.2 Å². The molecule has 0 spiro atoms. The highest BCUT2D eigenvalue weighted by molar-refractivity contribution is 5.73. The minimum atomic E-state index is -1.06. The second-order valence-corrected chi connectivity index (χ2v) is 5.60. The molecule has 1 aromatic rings. The molecule has 0 saturated carbocycles. The Morgan fingerprint density at radius 1 is 1.29 bits per heavy atom. The molecular formula is C16H24N2O3. The van der Waals surface area contributed by atoms with Crippen LogP contribution in [0.1, 0.15) is 39.2 Å². The number of nitrogens with zero attached hydrogens (tertiary/aromatic N) is 1. The fourth-order valence-electron chi connectivity index (χ4n) is 2.49. The van der Waals surface area contributed by atoms with E-state index in [0.29, 0.717) is 19.5 Å². The van der Waals surface area contributed by atoms with Crippen molar-refractivity contribution in [3.8, 4) is 0 Å². The lowest BCUT2D eigenvalue weighted by Crippen LogP contribution is -2.53. The Hall–Kier alpha value is -2.04. The van der Waals surface area contributed by atoms with Gasteiger partial charge < -0.3 is 15.3 Å². The second kappa shape index (κ2) is 7.67. The van der Waals surface area contributed by atoms with Gasteiger partial charge in [-0.2, -0.15) is 0 Å². The van der Waals surface area contributed by atoms with Crippen LogP contribution in [-0.4, -0.2) is 34.1 Å². The van der Waals surface area contributed by atoms with Gasteiger partial charge in [0.1, 0.15) is 0 Å². The van der Waals surface area contributed by atoms with E-state index in [-0.39, 0.29) is 5.91 Å². The van der Waals surface area contributed by atoms with E-state index >= 15 is 0 Å². The zero-order valence-corrected chi connectivity index (χ0v) is 12.9. The van der Waals surface area contributed by atoms with Crippen LogP contribution in [0.25, 0.3) is 0 Å². The van der Waals surface area contributed by atoms with Gasteiger partial charge in [-0.25, -0.2) is 4.79 Å². The van der Waals surface area contributed by atoms with E-state index in [1.54, 1.807) is 4.90 Å². The molecule has 1 aromatic carbocycles. The highest BCUT2D eigenvalue weighted by Crippen LogP contribution is 2.16. The molecule has 0 radical (unpaired) electrons. The maximum Gasteiger partial charge on any atom is 0.405 e. The molecular weight excluding hydrogens is 268 g/mol. The number of carboxylic acid groups (broad SMARTS) is 1. The highest BCUT2D eigenvalue weighted by Gasteiger charge is 2.29. The highest BCUT2D eigenvalue weighted by atomic mass is 16.4. The van der Waals surface area contributed by atoms with Crippen molar-refractivity contribution in [3.05, 3.63) is 35.9 Å². The van der Waals surface area contributed by atoms with Crippen molar-refractivity contribution < 1.29 is 14.7 Å². The quantitative estimate of drug-likeness (QED) is 0.812. The van der Waals surface area contributed by atoms with Gasteiger partial charge >= 0.3 is 6.09 Å². The van der Waals surface area contributed by atoms with E-state index in [1.807, 2.05) is 44.2 Å². The van der Waals surface area contributed by atoms with Crippen LogP contribution >= 0.6 is 0 Å². The topological polar surface area (TPSA) is 69.6 Å². The molecule has 0 bridgehead atoms. The number of carbonyl (C=O) groups excluding carboxylic acids is 1. The van der Waals surface area contributed by atoms with Gasteiger partial charge in [0.2, 0.25) is 5.91 Å². The molecule has 2 N–H and O–H groups in total. The molecule has 0 aliphatic heterocycles. The molecule has 5 nitrogen and oxygen atoms in total. The first-order valence-electron chi connectivity index (χ1n) is 7.17. The fourth-order valence-corrected chi connectivity index (χ4v) is 2.49. The van der Waals surface area contributed by atoms with Crippen molar-refractivity contribution in [1.29, 1.82) is 0 Å². The Morgan fingerprint density at radius 2 is 1.90 bits per heavy atom. The van der Waals surface area contributed by atoms with E-state index in [2.05, 4.69) is 5.32 Å². The van der Waals surface area contributed by atoms with Crippen LogP contribution in [0, 0.1) is 0 Å². The lowest BCUT2D eigenvalue weighted by atomic mass is 9.95. The lowest BCUT2D eigenvalue weighted by Gasteiger charge is -2.35. The fraction of sp³-hybridized carbons (Fsp3) is 0.500. The molecule has 5 heteroatoms. The van der Waals surface area contributed by atoms with Crippen LogP contribution in [-0.2, 0) is 11.3 Å². The zero-order valence-electron chi connectivity index (χ0n) is 12.9. The third-order valence-corrected chi connectivity index (χ3v) is 3.41. The molecule has 0 aromatic heterocycles. The summed E-state index contributed by atoms with van der Waals surface area (Å²) in [5, 5.41) is 11.6. The predicted molar refractivity (Wildman–Crippen MR) is 82.0 cm³/mol. The maximum atomic E-state index is 11.9. The van der Waals surface area contributed by atoms with E-state index in [1.165, 1.54) is 6.92 Å². The summed E-state index contributed by atoms with van der Waals surface area (Å²) in [6.07, 6.45) is 0.459. The van der Waals surface area contributed by atoms with Crippen LogP contribution in [0.3, 0.4) is 0 Å². The molecule has 0 aliphatic carbocycles. The van der Waals surface area contributed by atoms with Gasteiger partial charge in [-0.05, 0) is 18.9 Å². The summed E-state index contributed by atoms with van der Waals surface area (Å²) in [5.74, 6) is -0.0617. The average molecular weight is 292 g/mol. The average Bonchev–Trinajstić information content (AvgIpc) is 2.38. The largest absolute Gasteiger partial charge is 0.465 e. The predicted octanol–water partition coefficient (Wildman–Crippen LogP) is 2.86. The van der Waals surface area contributed by atoms with E-state index in [0.717, 1.165) is 12.0 Å². The monoisotopic (exact) mass is 292 g/mol. The molecule has 0 saturated heterocycles. The number of rotatable bonds is 7. The SMILES string of the molecule is CCC[C@](C)(CN(Cc1ccccc1)C(C)=O)NC(=O)O. The first-order chi connectivity index (χ1) is 9.86. The molecule has 1 rings (SSSR count). The number of hydrogen-bond acceptors (Lipinski definition) is 2. The van der Waals surface area contributed by atoms with Crippen LogP contribution in [0.5, 0.6) is 0 Å². The number of nitrogens with one attached hydrogen (secondary N) is 1. The zero-order chi connectivity index (χ0) is 15.9. The van der Waals surface area contributed by atoms with Gasteiger partial charge in [0.15, 0.2) is 0 Å². The third-order valence-electron chi connectivity index (χ3n) is 3.41. The Kier molecular flexibility index (Phi) is 6.21. The van der Waals surface area contributed by atoms with Gasteiger partial charge in [-0.15, -0.1) is 0 Å². The van der Waals surface area contributed by atoms with E-state index < -0.39 is 11.6 Å². The Morgan fingerprint density at radius 3 is 2.38 bits per heavy atom. The summed E-state index contributed by atoms with van der Waals surface area (Å²) in [6, 6.07) is 9.69. The number of amides is 2. The van der Waals surface area contributed by atoms with Crippen molar-refractivity contribution >= 4 is 12.0 Å². The Bertz CT molecular complexity index is 476. The van der Waals surface area contributed by atoms with Crippen LogP contribution in [0.4, 0.5) is 4.79 Å². The molecule has 1 atom stereocenters.